The van der Waals surface area contributed by atoms with Gasteiger partial charge < -0.3 is 5.32 Å². The quantitative estimate of drug-likeness (QED) is 0.831. The summed E-state index contributed by atoms with van der Waals surface area (Å²) in [5, 5.41) is 3.68. The van der Waals surface area contributed by atoms with Crippen molar-refractivity contribution in [3.05, 3.63) is 70.8 Å². The summed E-state index contributed by atoms with van der Waals surface area (Å²) in [6.07, 6.45) is 0. The Morgan fingerprint density at radius 1 is 0.842 bits per heavy atom. The fourth-order valence-corrected chi connectivity index (χ4v) is 2.53. The Morgan fingerprint density at radius 2 is 1.53 bits per heavy atom. The van der Waals surface area contributed by atoms with Crippen LogP contribution in [-0.2, 0) is 0 Å². The fraction of sp³-hybridized carbons (Fsp3) is 0.333. The van der Waals surface area contributed by atoms with Gasteiger partial charge in [0.2, 0.25) is 0 Å². The molecular weight excluding hydrogens is 230 g/mol. The van der Waals surface area contributed by atoms with Gasteiger partial charge in [-0.3, -0.25) is 0 Å². The molecule has 0 heterocycles. The first kappa shape index (κ1) is 13.8. The van der Waals surface area contributed by atoms with Crippen molar-refractivity contribution in [3.63, 3.8) is 0 Å². The second-order valence-electron chi connectivity index (χ2n) is 5.38. The number of nitrogens with one attached hydrogen (secondary N) is 1. The molecule has 0 amide bonds. The minimum absolute atomic E-state index is 0.357. The lowest BCUT2D eigenvalue weighted by atomic mass is 9.98. The van der Waals surface area contributed by atoms with E-state index in [1.54, 1.807) is 0 Å². The molecule has 0 aliphatic carbocycles. The zero-order valence-corrected chi connectivity index (χ0v) is 12.3. The lowest BCUT2D eigenvalue weighted by molar-refractivity contribution is 0.493. The van der Waals surface area contributed by atoms with E-state index in [0.29, 0.717) is 12.1 Å². The maximum Gasteiger partial charge on any atom is 0.0300 e. The first-order valence-corrected chi connectivity index (χ1v) is 6.96. The lowest BCUT2D eigenvalue weighted by Gasteiger charge is -2.22. The maximum atomic E-state index is 3.68. The average molecular weight is 253 g/mol. The number of hydrogen-bond acceptors (Lipinski definition) is 1. The van der Waals surface area contributed by atoms with Gasteiger partial charge in [-0.15, -0.1) is 0 Å². The van der Waals surface area contributed by atoms with E-state index in [2.05, 4.69) is 81.5 Å². The molecule has 19 heavy (non-hydrogen) atoms. The van der Waals surface area contributed by atoms with Crippen LogP contribution in [0.15, 0.2) is 48.5 Å². The smallest absolute Gasteiger partial charge is 0.0300 e. The predicted octanol–water partition coefficient (Wildman–Crippen LogP) is 4.72. The summed E-state index contributed by atoms with van der Waals surface area (Å²) < 4.78 is 0. The van der Waals surface area contributed by atoms with E-state index in [-0.39, 0.29) is 0 Å². The van der Waals surface area contributed by atoms with Crippen molar-refractivity contribution in [2.24, 2.45) is 0 Å². The first-order valence-electron chi connectivity index (χ1n) is 6.96. The van der Waals surface area contributed by atoms with E-state index < -0.39 is 0 Å². The summed E-state index contributed by atoms with van der Waals surface area (Å²) >= 11 is 0. The van der Waals surface area contributed by atoms with Gasteiger partial charge in [-0.25, -0.2) is 0 Å². The van der Waals surface area contributed by atoms with Crippen LogP contribution in [0.4, 0.5) is 0 Å². The standard InChI is InChI=1S/C18H23N/c1-13-10-11-14(2)18(12-13)16(4)19-15(3)17-8-6-5-7-9-17/h5-12,15-16,19H,1-4H3. The topological polar surface area (TPSA) is 12.0 Å². The van der Waals surface area contributed by atoms with E-state index >= 15 is 0 Å². The van der Waals surface area contributed by atoms with Crippen LogP contribution in [0.5, 0.6) is 0 Å². The molecule has 1 N–H and O–H groups in total. The number of rotatable bonds is 4. The second kappa shape index (κ2) is 6.03. The lowest BCUT2D eigenvalue weighted by Crippen LogP contribution is -2.23. The third-order valence-electron chi connectivity index (χ3n) is 3.70. The zero-order chi connectivity index (χ0) is 13.8. The molecule has 0 bridgehead atoms. The van der Waals surface area contributed by atoms with Crippen molar-refractivity contribution in [3.8, 4) is 0 Å². The Balaban J connectivity index is 2.13. The molecule has 0 spiro atoms. The van der Waals surface area contributed by atoms with Crippen molar-refractivity contribution >= 4 is 0 Å². The molecule has 0 aliphatic rings. The molecule has 0 saturated carbocycles. The highest BCUT2D eigenvalue weighted by Gasteiger charge is 2.12. The molecule has 2 aromatic carbocycles. The van der Waals surface area contributed by atoms with E-state index in [1.165, 1.54) is 22.3 Å². The van der Waals surface area contributed by atoms with Crippen LogP contribution in [0.2, 0.25) is 0 Å². The molecule has 2 rings (SSSR count). The highest BCUT2D eigenvalue weighted by Crippen LogP contribution is 2.22. The monoisotopic (exact) mass is 253 g/mol. The van der Waals surface area contributed by atoms with Crippen LogP contribution in [0.1, 0.15) is 48.2 Å². The van der Waals surface area contributed by atoms with Gasteiger partial charge in [-0.1, -0.05) is 54.1 Å². The summed E-state index contributed by atoms with van der Waals surface area (Å²) in [4.78, 5) is 0. The molecule has 0 aliphatic heterocycles. The van der Waals surface area contributed by atoms with Gasteiger partial charge in [0.25, 0.3) is 0 Å². The van der Waals surface area contributed by atoms with Gasteiger partial charge in [-0.2, -0.15) is 0 Å². The number of hydrogen-bond donors (Lipinski definition) is 1. The Labute approximate surface area is 116 Å². The molecule has 2 atom stereocenters. The Bertz CT molecular complexity index is 531. The molecule has 0 fully saturated rings. The first-order chi connectivity index (χ1) is 9.08. The van der Waals surface area contributed by atoms with Gasteiger partial charge in [0, 0.05) is 12.1 Å². The maximum absolute atomic E-state index is 3.68. The van der Waals surface area contributed by atoms with Gasteiger partial charge in [0.15, 0.2) is 0 Å². The van der Waals surface area contributed by atoms with Crippen LogP contribution < -0.4 is 5.32 Å². The predicted molar refractivity (Wildman–Crippen MR) is 82.3 cm³/mol. The molecule has 100 valence electrons. The normalized spacial score (nSPS) is 14.1. The van der Waals surface area contributed by atoms with Crippen molar-refractivity contribution < 1.29 is 0 Å². The van der Waals surface area contributed by atoms with Gasteiger partial charge in [0.1, 0.15) is 0 Å². The number of benzene rings is 2. The largest absolute Gasteiger partial charge is 0.304 e. The highest BCUT2D eigenvalue weighted by molar-refractivity contribution is 5.33. The molecule has 0 saturated heterocycles. The van der Waals surface area contributed by atoms with Gasteiger partial charge >= 0.3 is 0 Å². The minimum Gasteiger partial charge on any atom is -0.304 e. The number of aryl methyl sites for hydroxylation is 2. The summed E-state index contributed by atoms with van der Waals surface area (Å²) in [7, 11) is 0. The van der Waals surface area contributed by atoms with Crippen molar-refractivity contribution in [1.82, 2.24) is 5.32 Å². The van der Waals surface area contributed by atoms with E-state index in [9.17, 15) is 0 Å². The Morgan fingerprint density at radius 3 is 2.21 bits per heavy atom. The fourth-order valence-electron chi connectivity index (χ4n) is 2.53. The SMILES string of the molecule is Cc1ccc(C)c(C(C)NC(C)c2ccccc2)c1. The second-order valence-corrected chi connectivity index (χ2v) is 5.38. The van der Waals surface area contributed by atoms with Crippen molar-refractivity contribution in [2.75, 3.05) is 0 Å². The van der Waals surface area contributed by atoms with Gasteiger partial charge in [-0.05, 0) is 44.4 Å². The van der Waals surface area contributed by atoms with Gasteiger partial charge in [0.05, 0.1) is 0 Å². The van der Waals surface area contributed by atoms with Crippen LogP contribution in [0, 0.1) is 13.8 Å². The van der Waals surface area contributed by atoms with Crippen molar-refractivity contribution in [1.29, 1.82) is 0 Å². The van der Waals surface area contributed by atoms with Crippen LogP contribution in [-0.4, -0.2) is 0 Å². The summed E-state index contributed by atoms with van der Waals surface area (Å²) in [5.74, 6) is 0. The Hall–Kier alpha value is -1.60. The highest BCUT2D eigenvalue weighted by atomic mass is 14.9. The molecular formula is C18H23N. The Kier molecular flexibility index (Phi) is 4.39. The molecule has 1 heteroatoms. The molecule has 2 unspecified atom stereocenters. The molecule has 0 aromatic heterocycles. The third kappa shape index (κ3) is 3.45. The van der Waals surface area contributed by atoms with Crippen LogP contribution >= 0.6 is 0 Å². The minimum atomic E-state index is 0.357. The van der Waals surface area contributed by atoms with E-state index in [4.69, 9.17) is 0 Å². The van der Waals surface area contributed by atoms with Crippen LogP contribution in [0.25, 0.3) is 0 Å². The van der Waals surface area contributed by atoms with Crippen molar-refractivity contribution in [2.45, 2.75) is 39.8 Å². The molecule has 2 aromatic rings. The summed E-state index contributed by atoms with van der Waals surface area (Å²) in [6.45, 7) is 8.79. The molecule has 0 radical (unpaired) electrons. The average Bonchev–Trinajstić information content (AvgIpc) is 2.42. The van der Waals surface area contributed by atoms with E-state index in [1.807, 2.05) is 0 Å². The summed E-state index contributed by atoms with van der Waals surface area (Å²) in [6, 6.07) is 18.0. The summed E-state index contributed by atoms with van der Waals surface area (Å²) in [5.41, 5.74) is 5.40. The van der Waals surface area contributed by atoms with Crippen LogP contribution in [0.3, 0.4) is 0 Å². The zero-order valence-electron chi connectivity index (χ0n) is 12.3. The third-order valence-corrected chi connectivity index (χ3v) is 3.70. The van der Waals surface area contributed by atoms with E-state index in [0.717, 1.165) is 0 Å². The molecule has 1 nitrogen and oxygen atoms in total.